The molecule has 0 N–H and O–H groups in total. The zero-order chi connectivity index (χ0) is 8.91. The van der Waals surface area contributed by atoms with Crippen LogP contribution in [0.25, 0.3) is 0 Å². The van der Waals surface area contributed by atoms with Crippen LogP contribution in [0.2, 0.25) is 0 Å². The van der Waals surface area contributed by atoms with E-state index in [1.807, 2.05) is 0 Å². The Labute approximate surface area is 65.8 Å². The fourth-order valence-corrected chi connectivity index (χ4v) is 1.20. The minimum Gasteiger partial charge on any atom is -0.300 e. The molecule has 0 aliphatic heterocycles. The van der Waals surface area contributed by atoms with Crippen molar-refractivity contribution >= 4 is 16.0 Å². The van der Waals surface area contributed by atoms with E-state index in [1.54, 1.807) is 0 Å². The summed E-state index contributed by atoms with van der Waals surface area (Å²) < 4.78 is 31.6. The largest absolute Gasteiger partial charge is 0.302 e. The molecule has 0 rings (SSSR count). The van der Waals surface area contributed by atoms with Gasteiger partial charge >= 0.3 is 10.2 Å². The normalized spacial score (nSPS) is 11.5. The summed E-state index contributed by atoms with van der Waals surface area (Å²) in [5, 5.41) is 0. The van der Waals surface area contributed by atoms with Gasteiger partial charge in [0.05, 0.1) is 5.75 Å². The maximum Gasteiger partial charge on any atom is 0.302 e. The second-order valence-corrected chi connectivity index (χ2v) is 3.89. The van der Waals surface area contributed by atoms with Crippen molar-refractivity contribution in [2.24, 2.45) is 0 Å². The molecule has 0 saturated carbocycles. The molecule has 0 aromatic carbocycles. The zero-order valence-corrected chi connectivity index (χ0v) is 7.16. The lowest BCUT2D eigenvalue weighted by Crippen LogP contribution is -1.99. The molecule has 0 aliphatic carbocycles. The molecule has 0 aromatic heterocycles. The summed E-state index contributed by atoms with van der Waals surface area (Å²) in [5.41, 5.74) is 0. The molecule has 0 atom stereocenters. The van der Waals surface area contributed by atoms with Crippen LogP contribution in [0.5, 0.6) is 0 Å². The molecule has 5 heteroatoms. The Morgan fingerprint density at radius 3 is 2.27 bits per heavy atom. The smallest absolute Gasteiger partial charge is 0.300 e. The maximum atomic E-state index is 11.8. The van der Waals surface area contributed by atoms with Gasteiger partial charge < -0.3 is 4.79 Å². The number of halogens is 1. The summed E-state index contributed by atoms with van der Waals surface area (Å²) >= 11 is 0. The lowest BCUT2D eigenvalue weighted by molar-refractivity contribution is -0.117. The van der Waals surface area contributed by atoms with Crippen molar-refractivity contribution in [2.75, 3.05) is 5.75 Å². The van der Waals surface area contributed by atoms with Crippen LogP contribution in [0.15, 0.2) is 0 Å². The Bertz CT molecular complexity index is 220. The summed E-state index contributed by atoms with van der Waals surface area (Å²) in [6.07, 6.45) is 0.992. The van der Waals surface area contributed by atoms with Crippen molar-refractivity contribution in [3.63, 3.8) is 0 Å². The van der Waals surface area contributed by atoms with Crippen molar-refractivity contribution in [1.82, 2.24) is 0 Å². The van der Waals surface area contributed by atoms with Crippen LogP contribution in [0, 0.1) is 0 Å². The molecule has 11 heavy (non-hydrogen) atoms. The Balaban J connectivity index is 3.37. The number of hydrogen-bond donors (Lipinski definition) is 0. The van der Waals surface area contributed by atoms with E-state index >= 15 is 0 Å². The molecule has 3 nitrogen and oxygen atoms in total. The van der Waals surface area contributed by atoms with Gasteiger partial charge in [-0.2, -0.15) is 8.42 Å². The Hall–Kier alpha value is -0.450. The molecule has 0 aliphatic rings. The van der Waals surface area contributed by atoms with Crippen molar-refractivity contribution in [3.05, 3.63) is 0 Å². The molecule has 0 spiro atoms. The first-order valence-electron chi connectivity index (χ1n) is 3.33. The standard InChI is InChI=1S/C6H11FO3S/c1-6(8)4-2-3-5-11(7,9)10/h2-5H2,1H3. The highest BCUT2D eigenvalue weighted by Gasteiger charge is 2.05. The van der Waals surface area contributed by atoms with Crippen molar-refractivity contribution in [1.29, 1.82) is 0 Å². The van der Waals surface area contributed by atoms with Crippen molar-refractivity contribution < 1.29 is 17.1 Å². The topological polar surface area (TPSA) is 51.2 Å². The summed E-state index contributed by atoms with van der Waals surface area (Å²) in [4.78, 5) is 10.3. The van der Waals surface area contributed by atoms with Gasteiger partial charge in [-0.3, -0.25) is 0 Å². The predicted molar refractivity (Wildman–Crippen MR) is 39.4 cm³/mol. The number of rotatable bonds is 5. The van der Waals surface area contributed by atoms with Crippen LogP contribution in [-0.2, 0) is 15.0 Å². The van der Waals surface area contributed by atoms with E-state index in [4.69, 9.17) is 0 Å². The molecule has 66 valence electrons. The van der Waals surface area contributed by atoms with Crippen LogP contribution in [0.1, 0.15) is 26.2 Å². The second kappa shape index (κ2) is 4.43. The fourth-order valence-electron chi connectivity index (χ4n) is 0.648. The van der Waals surface area contributed by atoms with E-state index < -0.39 is 16.0 Å². The molecular weight excluding hydrogens is 171 g/mol. The van der Waals surface area contributed by atoms with Gasteiger partial charge in [0.25, 0.3) is 0 Å². The lowest BCUT2D eigenvalue weighted by atomic mass is 10.2. The highest BCUT2D eigenvalue weighted by Crippen LogP contribution is 2.01. The number of carbonyl (C=O) groups excluding carboxylic acids is 1. The van der Waals surface area contributed by atoms with E-state index in [-0.39, 0.29) is 12.2 Å². The first kappa shape index (κ1) is 10.6. The first-order chi connectivity index (χ1) is 4.92. The third-order valence-corrected chi connectivity index (χ3v) is 1.94. The van der Waals surface area contributed by atoms with Gasteiger partial charge in [-0.05, 0) is 19.8 Å². The maximum absolute atomic E-state index is 11.8. The Morgan fingerprint density at radius 2 is 1.91 bits per heavy atom. The van der Waals surface area contributed by atoms with Crippen molar-refractivity contribution in [2.45, 2.75) is 26.2 Å². The molecule has 0 bridgehead atoms. The number of Topliss-reactive ketones (excluding diaryl/α,β-unsaturated/α-hetero) is 1. The average molecular weight is 182 g/mol. The van der Waals surface area contributed by atoms with E-state index in [9.17, 15) is 17.1 Å². The summed E-state index contributed by atoms with van der Waals surface area (Å²) in [5.74, 6) is -0.471. The van der Waals surface area contributed by atoms with Crippen LogP contribution in [-0.4, -0.2) is 20.0 Å². The van der Waals surface area contributed by atoms with Crippen molar-refractivity contribution in [3.8, 4) is 0 Å². The summed E-state index contributed by atoms with van der Waals surface area (Å²) in [7, 11) is -4.33. The molecule has 0 aromatic rings. The molecule has 0 fully saturated rings. The molecule has 0 saturated heterocycles. The molecular formula is C6H11FO3S. The minimum absolute atomic E-state index is 0.00116. The van der Waals surface area contributed by atoms with E-state index in [2.05, 4.69) is 0 Å². The zero-order valence-electron chi connectivity index (χ0n) is 6.34. The number of carbonyl (C=O) groups is 1. The first-order valence-corrected chi connectivity index (χ1v) is 4.89. The van der Waals surface area contributed by atoms with Gasteiger partial charge in [0.1, 0.15) is 5.78 Å². The van der Waals surface area contributed by atoms with Gasteiger partial charge in [-0.15, -0.1) is 3.89 Å². The summed E-state index contributed by atoms with van der Waals surface area (Å²) in [6.45, 7) is 1.42. The van der Waals surface area contributed by atoms with Crippen LogP contribution < -0.4 is 0 Å². The fraction of sp³-hybridized carbons (Fsp3) is 0.833. The van der Waals surface area contributed by atoms with Gasteiger partial charge in [0.15, 0.2) is 0 Å². The third-order valence-electron chi connectivity index (χ3n) is 1.17. The number of ketones is 1. The van der Waals surface area contributed by atoms with Gasteiger partial charge in [-0.1, -0.05) is 0 Å². The number of unbranched alkanes of at least 4 members (excludes halogenated alkanes) is 1. The SMILES string of the molecule is CC(=O)CCCCS(=O)(=O)F. The van der Waals surface area contributed by atoms with Gasteiger partial charge in [-0.25, -0.2) is 0 Å². The Morgan fingerprint density at radius 1 is 1.36 bits per heavy atom. The lowest BCUT2D eigenvalue weighted by Gasteiger charge is -1.93. The quantitative estimate of drug-likeness (QED) is 0.471. The molecule has 0 radical (unpaired) electrons. The minimum atomic E-state index is -4.33. The Kier molecular flexibility index (Phi) is 4.25. The highest BCUT2D eigenvalue weighted by atomic mass is 32.3. The predicted octanol–water partition coefficient (Wildman–Crippen LogP) is 1.04. The molecule has 0 heterocycles. The van der Waals surface area contributed by atoms with Crippen LogP contribution in [0.3, 0.4) is 0 Å². The average Bonchev–Trinajstić information content (AvgIpc) is 1.78. The molecule has 0 unspecified atom stereocenters. The van der Waals surface area contributed by atoms with E-state index in [1.165, 1.54) is 6.92 Å². The number of hydrogen-bond acceptors (Lipinski definition) is 3. The van der Waals surface area contributed by atoms with Gasteiger partial charge in [0.2, 0.25) is 0 Å². The monoisotopic (exact) mass is 182 g/mol. The van der Waals surface area contributed by atoms with Crippen LogP contribution in [0.4, 0.5) is 3.89 Å². The summed E-state index contributed by atoms with van der Waals surface area (Å²) in [6, 6.07) is 0. The van der Waals surface area contributed by atoms with E-state index in [0.29, 0.717) is 12.8 Å². The third kappa shape index (κ3) is 9.55. The second-order valence-electron chi connectivity index (χ2n) is 2.40. The highest BCUT2D eigenvalue weighted by molar-refractivity contribution is 7.86. The molecule has 0 amide bonds. The van der Waals surface area contributed by atoms with Gasteiger partial charge in [0, 0.05) is 6.42 Å². The van der Waals surface area contributed by atoms with E-state index in [0.717, 1.165) is 0 Å². The van der Waals surface area contributed by atoms with Crippen LogP contribution >= 0.6 is 0 Å².